The largest absolute Gasteiger partial charge is 0.336 e. The second-order valence-electron chi connectivity index (χ2n) is 9.62. The molecular formula is C28H36N4O3. The van der Waals surface area contributed by atoms with Gasteiger partial charge in [0.2, 0.25) is 11.8 Å². The molecule has 0 bridgehead atoms. The summed E-state index contributed by atoms with van der Waals surface area (Å²) in [6.07, 6.45) is 5.39. The van der Waals surface area contributed by atoms with Crippen molar-refractivity contribution < 1.29 is 14.4 Å². The average Bonchev–Trinajstić information content (AvgIpc) is 3.39. The molecule has 0 radical (unpaired) electrons. The van der Waals surface area contributed by atoms with Crippen LogP contribution in [0, 0.1) is 5.92 Å². The van der Waals surface area contributed by atoms with Gasteiger partial charge in [0.15, 0.2) is 0 Å². The molecule has 7 nitrogen and oxygen atoms in total. The highest BCUT2D eigenvalue weighted by Crippen LogP contribution is 2.32. The molecule has 2 fully saturated rings. The number of aryl methyl sites for hydroxylation is 1. The zero-order valence-electron chi connectivity index (χ0n) is 20.8. The molecule has 2 aromatic rings. The van der Waals surface area contributed by atoms with Gasteiger partial charge in [-0.1, -0.05) is 31.9 Å². The van der Waals surface area contributed by atoms with Crippen molar-refractivity contribution in [2.75, 3.05) is 36.8 Å². The molecule has 1 saturated carbocycles. The Kier molecular flexibility index (Phi) is 8.18. The van der Waals surface area contributed by atoms with E-state index in [1.165, 1.54) is 12.5 Å². The van der Waals surface area contributed by atoms with Gasteiger partial charge in [-0.05, 0) is 67.1 Å². The number of rotatable bonds is 7. The van der Waals surface area contributed by atoms with E-state index < -0.39 is 0 Å². The molecule has 1 saturated heterocycles. The van der Waals surface area contributed by atoms with Crippen molar-refractivity contribution in [3.05, 3.63) is 59.7 Å². The molecule has 2 aliphatic rings. The first-order valence-electron chi connectivity index (χ1n) is 12.8. The standard InChI is InChI=1S/C28H36N4O3/c1-3-21-8-10-23(11-9-21)28(35)32-18-16-31(17-19-32)26(22-6-4-5-7-22)27(34)30-25-14-12-24(13-15-25)29-20(2)33/h8-15,22,26H,3-7,16-19H2,1-2H3,(H,29,33)(H,30,34). The first-order valence-corrected chi connectivity index (χ1v) is 12.8. The second-order valence-corrected chi connectivity index (χ2v) is 9.62. The number of nitrogens with zero attached hydrogens (tertiary/aromatic N) is 2. The summed E-state index contributed by atoms with van der Waals surface area (Å²) in [5, 5.41) is 5.84. The zero-order valence-corrected chi connectivity index (χ0v) is 20.8. The van der Waals surface area contributed by atoms with E-state index in [1.54, 1.807) is 12.1 Å². The highest BCUT2D eigenvalue weighted by molar-refractivity contribution is 5.96. The molecule has 1 unspecified atom stereocenters. The van der Waals surface area contributed by atoms with Crippen LogP contribution in [0.15, 0.2) is 48.5 Å². The Morgan fingerprint density at radius 3 is 1.97 bits per heavy atom. The summed E-state index contributed by atoms with van der Waals surface area (Å²) in [5.41, 5.74) is 3.37. The van der Waals surface area contributed by atoms with Gasteiger partial charge in [-0.25, -0.2) is 0 Å². The van der Waals surface area contributed by atoms with Crippen LogP contribution in [0.1, 0.15) is 55.5 Å². The lowest BCUT2D eigenvalue weighted by Crippen LogP contribution is -2.56. The predicted octanol–water partition coefficient (Wildman–Crippen LogP) is 4.16. The summed E-state index contributed by atoms with van der Waals surface area (Å²) in [6.45, 7) is 6.20. The van der Waals surface area contributed by atoms with Gasteiger partial charge in [-0.2, -0.15) is 0 Å². The van der Waals surface area contributed by atoms with Gasteiger partial charge < -0.3 is 15.5 Å². The van der Waals surface area contributed by atoms with Crippen LogP contribution in [0.4, 0.5) is 11.4 Å². The fraction of sp³-hybridized carbons (Fsp3) is 0.464. The maximum absolute atomic E-state index is 13.5. The Morgan fingerprint density at radius 1 is 0.857 bits per heavy atom. The van der Waals surface area contributed by atoms with Crippen molar-refractivity contribution in [2.45, 2.75) is 52.0 Å². The van der Waals surface area contributed by atoms with Gasteiger partial charge in [0.1, 0.15) is 0 Å². The predicted molar refractivity (Wildman–Crippen MR) is 138 cm³/mol. The summed E-state index contributed by atoms with van der Waals surface area (Å²) in [6, 6.07) is 14.9. The van der Waals surface area contributed by atoms with Crippen molar-refractivity contribution in [2.24, 2.45) is 5.92 Å². The molecule has 186 valence electrons. The number of carbonyl (C=O) groups is 3. The van der Waals surface area contributed by atoms with E-state index in [4.69, 9.17) is 0 Å². The van der Waals surface area contributed by atoms with Crippen LogP contribution in [0.25, 0.3) is 0 Å². The average molecular weight is 477 g/mol. The Bertz CT molecular complexity index is 1020. The minimum atomic E-state index is -0.200. The highest BCUT2D eigenvalue weighted by Gasteiger charge is 2.37. The summed E-state index contributed by atoms with van der Waals surface area (Å²) >= 11 is 0. The summed E-state index contributed by atoms with van der Waals surface area (Å²) in [4.78, 5) is 41.9. The second kappa shape index (κ2) is 11.5. The molecule has 35 heavy (non-hydrogen) atoms. The van der Waals surface area contributed by atoms with Gasteiger partial charge in [-0.3, -0.25) is 19.3 Å². The van der Waals surface area contributed by atoms with Gasteiger partial charge >= 0.3 is 0 Å². The van der Waals surface area contributed by atoms with Gasteiger partial charge in [0.05, 0.1) is 6.04 Å². The Hall–Kier alpha value is -3.19. The summed E-state index contributed by atoms with van der Waals surface area (Å²) in [5.74, 6) is 0.281. The Morgan fingerprint density at radius 2 is 1.43 bits per heavy atom. The van der Waals surface area contributed by atoms with E-state index in [-0.39, 0.29) is 23.8 Å². The quantitative estimate of drug-likeness (QED) is 0.629. The van der Waals surface area contributed by atoms with E-state index in [0.29, 0.717) is 37.8 Å². The molecule has 4 rings (SSSR count). The molecule has 0 spiro atoms. The first-order chi connectivity index (χ1) is 16.9. The van der Waals surface area contributed by atoms with Gasteiger partial charge in [-0.15, -0.1) is 0 Å². The van der Waals surface area contributed by atoms with Crippen molar-refractivity contribution in [3.63, 3.8) is 0 Å². The third-order valence-electron chi connectivity index (χ3n) is 7.19. The smallest absolute Gasteiger partial charge is 0.253 e. The molecule has 2 N–H and O–H groups in total. The fourth-order valence-corrected chi connectivity index (χ4v) is 5.28. The van der Waals surface area contributed by atoms with E-state index >= 15 is 0 Å². The zero-order chi connectivity index (χ0) is 24.8. The lowest BCUT2D eigenvalue weighted by atomic mass is 9.94. The third kappa shape index (κ3) is 6.28. The Balaban J connectivity index is 1.39. The number of anilines is 2. The highest BCUT2D eigenvalue weighted by atomic mass is 16.2. The molecule has 1 heterocycles. The molecule has 3 amide bonds. The van der Waals surface area contributed by atoms with Crippen LogP contribution in [0.5, 0.6) is 0 Å². The minimum absolute atomic E-state index is 0.0131. The van der Waals surface area contributed by atoms with Crippen LogP contribution in [-0.4, -0.2) is 59.7 Å². The third-order valence-corrected chi connectivity index (χ3v) is 7.19. The van der Waals surface area contributed by atoms with Crippen molar-refractivity contribution in [1.29, 1.82) is 0 Å². The van der Waals surface area contributed by atoms with E-state index in [2.05, 4.69) is 22.5 Å². The number of hydrogen-bond donors (Lipinski definition) is 2. The van der Waals surface area contributed by atoms with E-state index in [1.807, 2.05) is 41.3 Å². The molecule has 1 atom stereocenters. The number of nitrogens with one attached hydrogen (secondary N) is 2. The van der Waals surface area contributed by atoms with E-state index in [0.717, 1.165) is 43.4 Å². The molecule has 7 heteroatoms. The van der Waals surface area contributed by atoms with Crippen LogP contribution < -0.4 is 10.6 Å². The van der Waals surface area contributed by atoms with Crippen LogP contribution in [0.3, 0.4) is 0 Å². The number of carbonyl (C=O) groups excluding carboxylic acids is 3. The molecule has 1 aliphatic carbocycles. The molecule has 1 aliphatic heterocycles. The Labute approximate surface area is 207 Å². The summed E-state index contributed by atoms with van der Waals surface area (Å²) < 4.78 is 0. The molecular weight excluding hydrogens is 440 g/mol. The van der Waals surface area contributed by atoms with Gasteiger partial charge in [0.25, 0.3) is 5.91 Å². The lowest BCUT2D eigenvalue weighted by molar-refractivity contribution is -0.124. The van der Waals surface area contributed by atoms with Crippen molar-refractivity contribution >= 4 is 29.1 Å². The van der Waals surface area contributed by atoms with Crippen molar-refractivity contribution in [1.82, 2.24) is 9.80 Å². The van der Waals surface area contributed by atoms with Crippen LogP contribution >= 0.6 is 0 Å². The molecule has 2 aromatic carbocycles. The summed E-state index contributed by atoms with van der Waals surface area (Å²) in [7, 11) is 0. The number of amides is 3. The maximum atomic E-state index is 13.5. The van der Waals surface area contributed by atoms with Crippen LogP contribution in [0.2, 0.25) is 0 Å². The number of benzene rings is 2. The minimum Gasteiger partial charge on any atom is -0.336 e. The van der Waals surface area contributed by atoms with E-state index in [9.17, 15) is 14.4 Å². The van der Waals surface area contributed by atoms with Crippen LogP contribution in [-0.2, 0) is 16.0 Å². The fourth-order valence-electron chi connectivity index (χ4n) is 5.28. The number of hydrogen-bond acceptors (Lipinski definition) is 4. The monoisotopic (exact) mass is 476 g/mol. The molecule has 0 aromatic heterocycles. The first kappa shape index (κ1) is 24.9. The lowest BCUT2D eigenvalue weighted by Gasteiger charge is -2.40. The normalized spacial score (nSPS) is 17.7. The SMILES string of the molecule is CCc1ccc(C(=O)N2CCN(C(C(=O)Nc3ccc(NC(C)=O)cc3)C3CCCC3)CC2)cc1. The van der Waals surface area contributed by atoms with Crippen molar-refractivity contribution in [3.8, 4) is 0 Å². The number of piperazine rings is 1. The maximum Gasteiger partial charge on any atom is 0.253 e. The topological polar surface area (TPSA) is 81.8 Å². The van der Waals surface area contributed by atoms with Gasteiger partial charge in [0, 0.05) is 50.0 Å².